The number of cyclic esters (lactones) is 1. The highest BCUT2D eigenvalue weighted by atomic mass is 16.5. The van der Waals surface area contributed by atoms with Crippen LogP contribution in [0.4, 0.5) is 0 Å². The van der Waals surface area contributed by atoms with Crippen LogP contribution in [0.2, 0.25) is 0 Å². The van der Waals surface area contributed by atoms with Gasteiger partial charge in [0.15, 0.2) is 0 Å². The van der Waals surface area contributed by atoms with E-state index >= 15 is 0 Å². The van der Waals surface area contributed by atoms with Crippen LogP contribution >= 0.6 is 0 Å². The van der Waals surface area contributed by atoms with Crippen LogP contribution in [0.15, 0.2) is 35.3 Å². The lowest BCUT2D eigenvalue weighted by molar-refractivity contribution is -0.142. The largest absolute Gasteiger partial charge is 0.469 e. The van der Waals surface area contributed by atoms with Gasteiger partial charge in [-0.15, -0.1) is 0 Å². The maximum Gasteiger partial charge on any atom is 0.352 e. The number of esters is 2. The summed E-state index contributed by atoms with van der Waals surface area (Å²) in [4.78, 5) is 26.9. The standard InChI is InChI=1S/C14H15NO4/c1-18-13(16)8-12-14(17)19-9-11(15-12)7-10-5-3-2-4-6-10/h2-6,11H,7-9H2,1H3/t11-/m1/s1. The fraction of sp³-hybridized carbons (Fsp3) is 0.357. The third-order valence-corrected chi connectivity index (χ3v) is 2.83. The van der Waals surface area contributed by atoms with Gasteiger partial charge in [0.2, 0.25) is 0 Å². The number of benzene rings is 1. The lowest BCUT2D eigenvalue weighted by Gasteiger charge is -2.20. The third kappa shape index (κ3) is 3.64. The number of ether oxygens (including phenoxy) is 2. The third-order valence-electron chi connectivity index (χ3n) is 2.83. The second kappa shape index (κ2) is 6.13. The molecule has 0 saturated carbocycles. The molecule has 100 valence electrons. The molecule has 0 bridgehead atoms. The first-order chi connectivity index (χ1) is 9.19. The summed E-state index contributed by atoms with van der Waals surface area (Å²) in [5.74, 6) is -1.02. The van der Waals surface area contributed by atoms with Crippen molar-refractivity contribution in [2.24, 2.45) is 4.99 Å². The smallest absolute Gasteiger partial charge is 0.352 e. The topological polar surface area (TPSA) is 65.0 Å². The number of carbonyl (C=O) groups is 2. The summed E-state index contributed by atoms with van der Waals surface area (Å²) in [5.41, 5.74) is 1.26. The number of methoxy groups -OCH3 is 1. The van der Waals surface area contributed by atoms with Gasteiger partial charge in [-0.05, 0) is 12.0 Å². The first kappa shape index (κ1) is 13.3. The van der Waals surface area contributed by atoms with Crippen molar-refractivity contribution in [2.45, 2.75) is 18.9 Å². The van der Waals surface area contributed by atoms with Gasteiger partial charge in [-0.3, -0.25) is 9.79 Å². The molecule has 0 radical (unpaired) electrons. The maximum atomic E-state index is 11.5. The van der Waals surface area contributed by atoms with Gasteiger partial charge < -0.3 is 9.47 Å². The molecule has 5 heteroatoms. The summed E-state index contributed by atoms with van der Waals surface area (Å²) in [6, 6.07) is 9.68. The number of hydrogen-bond acceptors (Lipinski definition) is 5. The molecule has 19 heavy (non-hydrogen) atoms. The number of hydrogen-bond donors (Lipinski definition) is 0. The van der Waals surface area contributed by atoms with Crippen molar-refractivity contribution in [3.63, 3.8) is 0 Å². The van der Waals surface area contributed by atoms with Crippen LogP contribution in [0.3, 0.4) is 0 Å². The Labute approximate surface area is 111 Å². The molecule has 2 rings (SSSR count). The van der Waals surface area contributed by atoms with Gasteiger partial charge in [-0.2, -0.15) is 0 Å². The first-order valence-electron chi connectivity index (χ1n) is 6.03. The number of nitrogens with zero attached hydrogens (tertiary/aromatic N) is 1. The van der Waals surface area contributed by atoms with E-state index in [0.717, 1.165) is 5.56 Å². The highest BCUT2D eigenvalue weighted by Gasteiger charge is 2.25. The van der Waals surface area contributed by atoms with Crippen molar-refractivity contribution in [1.29, 1.82) is 0 Å². The summed E-state index contributed by atoms with van der Waals surface area (Å²) in [6.45, 7) is 0.248. The number of rotatable bonds is 4. The number of carbonyl (C=O) groups excluding carboxylic acids is 2. The molecule has 0 aromatic heterocycles. The van der Waals surface area contributed by atoms with Gasteiger partial charge in [0.1, 0.15) is 12.3 Å². The quantitative estimate of drug-likeness (QED) is 0.763. The van der Waals surface area contributed by atoms with Crippen molar-refractivity contribution in [2.75, 3.05) is 13.7 Å². The van der Waals surface area contributed by atoms with E-state index in [1.54, 1.807) is 0 Å². The van der Waals surface area contributed by atoms with Crippen molar-refractivity contribution >= 4 is 17.7 Å². The molecular formula is C14H15NO4. The van der Waals surface area contributed by atoms with E-state index in [1.807, 2.05) is 30.3 Å². The zero-order valence-corrected chi connectivity index (χ0v) is 10.7. The summed E-state index contributed by atoms with van der Waals surface area (Å²) in [7, 11) is 1.28. The molecular weight excluding hydrogens is 246 g/mol. The molecule has 0 amide bonds. The van der Waals surface area contributed by atoms with Crippen molar-refractivity contribution in [1.82, 2.24) is 0 Å². The summed E-state index contributed by atoms with van der Waals surface area (Å²) < 4.78 is 9.57. The van der Waals surface area contributed by atoms with Crippen LogP contribution in [0.1, 0.15) is 12.0 Å². The lowest BCUT2D eigenvalue weighted by Crippen LogP contribution is -2.33. The molecule has 0 aliphatic carbocycles. The normalized spacial score (nSPS) is 18.5. The molecule has 1 aliphatic rings. The van der Waals surface area contributed by atoms with Gasteiger partial charge in [-0.25, -0.2) is 4.79 Å². The molecule has 1 heterocycles. The molecule has 0 unspecified atom stereocenters. The minimum atomic E-state index is -0.533. The molecule has 1 aromatic rings. The Hall–Kier alpha value is -2.17. The molecule has 0 spiro atoms. The van der Waals surface area contributed by atoms with Gasteiger partial charge >= 0.3 is 11.9 Å². The fourth-order valence-corrected chi connectivity index (χ4v) is 1.88. The molecule has 0 fully saturated rings. The van der Waals surface area contributed by atoms with E-state index in [1.165, 1.54) is 7.11 Å². The van der Waals surface area contributed by atoms with Gasteiger partial charge in [-0.1, -0.05) is 30.3 Å². The SMILES string of the molecule is COC(=O)CC1=N[C@H](Cc2ccccc2)COC1=O. The summed E-state index contributed by atoms with van der Waals surface area (Å²) in [6.07, 6.45) is 0.541. The second-order valence-electron chi connectivity index (χ2n) is 4.27. The molecule has 1 atom stereocenters. The Balaban J connectivity index is 2.06. The predicted octanol–water partition coefficient (Wildman–Crippen LogP) is 1.16. The van der Waals surface area contributed by atoms with Gasteiger partial charge in [0.05, 0.1) is 19.6 Å². The lowest BCUT2D eigenvalue weighted by atomic mass is 10.1. The van der Waals surface area contributed by atoms with E-state index in [9.17, 15) is 9.59 Å². The molecule has 0 saturated heterocycles. The van der Waals surface area contributed by atoms with E-state index < -0.39 is 11.9 Å². The van der Waals surface area contributed by atoms with Crippen LogP contribution in [-0.4, -0.2) is 37.4 Å². The van der Waals surface area contributed by atoms with Gasteiger partial charge in [0, 0.05) is 0 Å². The molecule has 5 nitrogen and oxygen atoms in total. The van der Waals surface area contributed by atoms with Crippen LogP contribution in [0.5, 0.6) is 0 Å². The average molecular weight is 261 g/mol. The van der Waals surface area contributed by atoms with E-state index in [0.29, 0.717) is 6.42 Å². The van der Waals surface area contributed by atoms with Crippen LogP contribution in [0.25, 0.3) is 0 Å². The molecule has 1 aromatic carbocycles. The maximum absolute atomic E-state index is 11.5. The highest BCUT2D eigenvalue weighted by molar-refractivity contribution is 6.39. The Morgan fingerprint density at radius 1 is 1.42 bits per heavy atom. The Morgan fingerprint density at radius 2 is 2.16 bits per heavy atom. The van der Waals surface area contributed by atoms with E-state index in [4.69, 9.17) is 4.74 Å². The predicted molar refractivity (Wildman–Crippen MR) is 69.0 cm³/mol. The average Bonchev–Trinajstić information content (AvgIpc) is 2.43. The number of aliphatic imine (C=N–C) groups is 1. The minimum absolute atomic E-state index is 0.138. The monoisotopic (exact) mass is 261 g/mol. The zero-order valence-electron chi connectivity index (χ0n) is 10.7. The second-order valence-corrected chi connectivity index (χ2v) is 4.27. The Kier molecular flexibility index (Phi) is 4.28. The summed E-state index contributed by atoms with van der Waals surface area (Å²) >= 11 is 0. The van der Waals surface area contributed by atoms with Gasteiger partial charge in [0.25, 0.3) is 0 Å². The summed E-state index contributed by atoms with van der Waals surface area (Å²) in [5, 5.41) is 0. The van der Waals surface area contributed by atoms with Crippen molar-refractivity contribution in [3.8, 4) is 0 Å². The first-order valence-corrected chi connectivity index (χ1v) is 6.03. The van der Waals surface area contributed by atoms with Crippen LogP contribution in [-0.2, 0) is 25.5 Å². The molecule has 1 aliphatic heterocycles. The van der Waals surface area contributed by atoms with Crippen LogP contribution < -0.4 is 0 Å². The van der Waals surface area contributed by atoms with Crippen molar-refractivity contribution < 1.29 is 19.1 Å². The molecule has 0 N–H and O–H groups in total. The van der Waals surface area contributed by atoms with Crippen LogP contribution in [0, 0.1) is 0 Å². The van der Waals surface area contributed by atoms with E-state index in [-0.39, 0.29) is 24.8 Å². The fourth-order valence-electron chi connectivity index (χ4n) is 1.88. The van der Waals surface area contributed by atoms with E-state index in [2.05, 4.69) is 9.73 Å². The Bertz CT molecular complexity index is 495. The minimum Gasteiger partial charge on any atom is -0.469 e. The zero-order chi connectivity index (χ0) is 13.7. The highest BCUT2D eigenvalue weighted by Crippen LogP contribution is 2.12. The Morgan fingerprint density at radius 3 is 2.84 bits per heavy atom. The van der Waals surface area contributed by atoms with Crippen molar-refractivity contribution in [3.05, 3.63) is 35.9 Å².